The number of carbonyl (C=O) groups excluding carboxylic acids is 1. The molecule has 1 heterocycles. The Morgan fingerprint density at radius 2 is 1.81 bits per heavy atom. The number of esters is 1. The molecule has 0 atom stereocenters. The summed E-state index contributed by atoms with van der Waals surface area (Å²) >= 11 is 0. The Bertz CT molecular complexity index is 527. The molecule has 1 aromatic rings. The lowest BCUT2D eigenvalue weighted by molar-refractivity contribution is 0.0366. The zero-order valence-electron chi connectivity index (χ0n) is 11.1. The van der Waals surface area contributed by atoms with Crippen LogP contribution in [0.2, 0.25) is 0 Å². The molecule has 7 heteroatoms. The average Bonchev–Trinajstić information content (AvgIpc) is 2.49. The monoisotopic (exact) mass is 306 g/mol. The van der Waals surface area contributed by atoms with Gasteiger partial charge in [0.2, 0.25) is 0 Å². The molecular formula is C14H14F4O3. The summed E-state index contributed by atoms with van der Waals surface area (Å²) in [5.41, 5.74) is -0.946. The lowest BCUT2D eigenvalue weighted by Gasteiger charge is -2.21. The average molecular weight is 306 g/mol. The van der Waals surface area contributed by atoms with Crippen molar-refractivity contribution in [1.29, 1.82) is 0 Å². The summed E-state index contributed by atoms with van der Waals surface area (Å²) in [6.45, 7) is 1.28. The fraction of sp³-hybridized carbons (Fsp3) is 0.500. The van der Waals surface area contributed by atoms with Crippen LogP contribution in [-0.2, 0) is 9.47 Å². The van der Waals surface area contributed by atoms with Crippen molar-refractivity contribution in [2.24, 2.45) is 5.92 Å². The molecule has 0 radical (unpaired) electrons. The van der Waals surface area contributed by atoms with E-state index in [1.807, 2.05) is 0 Å². The van der Waals surface area contributed by atoms with Crippen molar-refractivity contribution in [3.8, 4) is 0 Å². The molecule has 3 nitrogen and oxygen atoms in total. The van der Waals surface area contributed by atoms with Crippen LogP contribution in [0.3, 0.4) is 0 Å². The molecule has 0 unspecified atom stereocenters. The van der Waals surface area contributed by atoms with Gasteiger partial charge in [-0.05, 0) is 31.2 Å². The minimum atomic E-state index is -2.02. The van der Waals surface area contributed by atoms with Crippen LogP contribution >= 0.6 is 0 Å². The third-order valence-electron chi connectivity index (χ3n) is 3.42. The van der Waals surface area contributed by atoms with Gasteiger partial charge in [0.05, 0.1) is 6.61 Å². The van der Waals surface area contributed by atoms with E-state index in [1.54, 1.807) is 0 Å². The van der Waals surface area contributed by atoms with Gasteiger partial charge in [0, 0.05) is 13.2 Å². The van der Waals surface area contributed by atoms with Crippen molar-refractivity contribution in [3.63, 3.8) is 0 Å². The van der Waals surface area contributed by atoms with Gasteiger partial charge in [-0.15, -0.1) is 0 Å². The fourth-order valence-corrected chi connectivity index (χ4v) is 2.15. The molecule has 21 heavy (non-hydrogen) atoms. The zero-order valence-corrected chi connectivity index (χ0v) is 11.1. The van der Waals surface area contributed by atoms with E-state index in [-0.39, 0.29) is 6.61 Å². The third kappa shape index (κ3) is 3.72. The molecule has 1 aliphatic heterocycles. The summed E-state index contributed by atoms with van der Waals surface area (Å²) < 4.78 is 62.1. The van der Waals surface area contributed by atoms with Gasteiger partial charge in [-0.25, -0.2) is 22.4 Å². The lowest BCUT2D eigenvalue weighted by Crippen LogP contribution is -2.19. The Morgan fingerprint density at radius 1 is 1.14 bits per heavy atom. The lowest BCUT2D eigenvalue weighted by atomic mass is 9.97. The van der Waals surface area contributed by atoms with Crippen molar-refractivity contribution in [2.45, 2.75) is 19.3 Å². The first-order valence-corrected chi connectivity index (χ1v) is 6.58. The van der Waals surface area contributed by atoms with Gasteiger partial charge in [-0.3, -0.25) is 0 Å². The largest absolute Gasteiger partial charge is 0.462 e. The number of benzene rings is 1. The minimum absolute atomic E-state index is 0.00353. The molecule has 2 rings (SSSR count). The van der Waals surface area contributed by atoms with E-state index in [2.05, 4.69) is 0 Å². The Kier molecular flexibility index (Phi) is 5.17. The van der Waals surface area contributed by atoms with Crippen LogP contribution in [0.15, 0.2) is 6.07 Å². The van der Waals surface area contributed by atoms with Crippen LogP contribution in [0, 0.1) is 29.2 Å². The molecule has 1 aromatic carbocycles. The Labute approximate surface area is 118 Å². The second-order valence-corrected chi connectivity index (χ2v) is 4.83. The van der Waals surface area contributed by atoms with Gasteiger partial charge in [-0.1, -0.05) is 0 Å². The first-order chi connectivity index (χ1) is 10.0. The van der Waals surface area contributed by atoms with E-state index in [9.17, 15) is 22.4 Å². The van der Waals surface area contributed by atoms with Crippen LogP contribution in [0.5, 0.6) is 0 Å². The molecule has 1 saturated heterocycles. The van der Waals surface area contributed by atoms with Gasteiger partial charge >= 0.3 is 5.97 Å². The summed E-state index contributed by atoms with van der Waals surface area (Å²) in [5.74, 6) is -8.23. The van der Waals surface area contributed by atoms with Crippen molar-refractivity contribution in [1.82, 2.24) is 0 Å². The molecule has 0 aromatic heterocycles. The quantitative estimate of drug-likeness (QED) is 0.371. The molecule has 1 fully saturated rings. The smallest absolute Gasteiger partial charge is 0.341 e. The van der Waals surface area contributed by atoms with E-state index < -0.39 is 34.8 Å². The SMILES string of the molecule is O=C(OCCC1CCOCC1)c1cc(F)c(F)c(F)c1F. The molecule has 116 valence electrons. The highest BCUT2D eigenvalue weighted by Crippen LogP contribution is 2.21. The van der Waals surface area contributed by atoms with E-state index >= 15 is 0 Å². The van der Waals surface area contributed by atoms with E-state index in [0.717, 1.165) is 12.8 Å². The van der Waals surface area contributed by atoms with Crippen LogP contribution < -0.4 is 0 Å². The van der Waals surface area contributed by atoms with Gasteiger partial charge in [-0.2, -0.15) is 0 Å². The summed E-state index contributed by atoms with van der Waals surface area (Å²) in [5, 5.41) is 0. The molecule has 0 bridgehead atoms. The minimum Gasteiger partial charge on any atom is -0.462 e. The van der Waals surface area contributed by atoms with E-state index in [0.29, 0.717) is 31.6 Å². The third-order valence-corrected chi connectivity index (χ3v) is 3.42. The van der Waals surface area contributed by atoms with Crippen molar-refractivity contribution in [3.05, 3.63) is 34.9 Å². The van der Waals surface area contributed by atoms with E-state index in [1.165, 1.54) is 0 Å². The molecule has 0 spiro atoms. The van der Waals surface area contributed by atoms with Gasteiger partial charge in [0.25, 0.3) is 0 Å². The number of rotatable bonds is 4. The van der Waals surface area contributed by atoms with Crippen LogP contribution in [0.25, 0.3) is 0 Å². The molecule has 1 aliphatic rings. The Balaban J connectivity index is 1.94. The van der Waals surface area contributed by atoms with Crippen LogP contribution in [0.4, 0.5) is 17.6 Å². The summed E-state index contributed by atoms with van der Waals surface area (Å²) in [4.78, 5) is 11.6. The van der Waals surface area contributed by atoms with Gasteiger partial charge in [0.1, 0.15) is 5.56 Å². The maximum Gasteiger partial charge on any atom is 0.341 e. The first-order valence-electron chi connectivity index (χ1n) is 6.58. The Morgan fingerprint density at radius 3 is 2.48 bits per heavy atom. The van der Waals surface area contributed by atoms with Crippen LogP contribution in [-0.4, -0.2) is 25.8 Å². The Hall–Kier alpha value is -1.63. The highest BCUT2D eigenvalue weighted by molar-refractivity contribution is 5.89. The molecule has 0 amide bonds. The number of halogens is 4. The topological polar surface area (TPSA) is 35.5 Å². The molecule has 0 saturated carbocycles. The van der Waals surface area contributed by atoms with Gasteiger partial charge < -0.3 is 9.47 Å². The van der Waals surface area contributed by atoms with Gasteiger partial charge in [0.15, 0.2) is 23.3 Å². The summed E-state index contributed by atoms with van der Waals surface area (Å²) in [6.07, 6.45) is 2.24. The normalized spacial score (nSPS) is 16.0. The van der Waals surface area contributed by atoms with Crippen LogP contribution in [0.1, 0.15) is 29.6 Å². The maximum absolute atomic E-state index is 13.4. The standard InChI is InChI=1S/C14H14F4O3/c15-10-7-9(11(16)13(18)12(10)17)14(19)21-6-3-8-1-4-20-5-2-8/h7-8H,1-6H2. The fourth-order valence-electron chi connectivity index (χ4n) is 2.15. The van der Waals surface area contributed by atoms with Crippen molar-refractivity contribution in [2.75, 3.05) is 19.8 Å². The zero-order chi connectivity index (χ0) is 15.4. The maximum atomic E-state index is 13.4. The molecule has 0 N–H and O–H groups in total. The predicted octanol–water partition coefficient (Wildman–Crippen LogP) is 3.22. The molecule has 0 aliphatic carbocycles. The number of carbonyl (C=O) groups is 1. The number of hydrogen-bond donors (Lipinski definition) is 0. The summed E-state index contributed by atoms with van der Waals surface area (Å²) in [7, 11) is 0. The summed E-state index contributed by atoms with van der Waals surface area (Å²) in [6, 6.07) is 0.296. The second kappa shape index (κ2) is 6.89. The number of hydrogen-bond acceptors (Lipinski definition) is 3. The first kappa shape index (κ1) is 15.8. The highest BCUT2D eigenvalue weighted by atomic mass is 19.2. The highest BCUT2D eigenvalue weighted by Gasteiger charge is 2.24. The molecular weight excluding hydrogens is 292 g/mol. The van der Waals surface area contributed by atoms with E-state index in [4.69, 9.17) is 9.47 Å². The second-order valence-electron chi connectivity index (χ2n) is 4.83. The van der Waals surface area contributed by atoms with Crippen molar-refractivity contribution >= 4 is 5.97 Å². The predicted molar refractivity (Wildman–Crippen MR) is 64.7 cm³/mol. The number of ether oxygens (including phenoxy) is 2. The van der Waals surface area contributed by atoms with Crippen molar-refractivity contribution < 1.29 is 31.8 Å².